The summed E-state index contributed by atoms with van der Waals surface area (Å²) in [5, 5.41) is 3.18. The summed E-state index contributed by atoms with van der Waals surface area (Å²) in [5.41, 5.74) is 1.69. The number of alkyl halides is 6. The number of thioether (sulfide) groups is 1. The lowest BCUT2D eigenvalue weighted by Gasteiger charge is -2.42. The summed E-state index contributed by atoms with van der Waals surface area (Å²) in [6.45, 7) is 4.65. The smallest absolute Gasteiger partial charge is 0.361 e. The lowest BCUT2D eigenvalue weighted by molar-refractivity contribution is -0.143. The van der Waals surface area contributed by atoms with Gasteiger partial charge in [0.05, 0.1) is 11.1 Å². The molecule has 2 aliphatic rings. The van der Waals surface area contributed by atoms with E-state index < -0.39 is 41.0 Å². The maximum atomic E-state index is 13.7. The standard InChI is InChI=1S/C29H33F6N5OS.2ClH/c30-28(31,32)22-14-20(15-23(17-22)29(33,34)35)27(41)40-9-8-38(7-3-6-37-39-10-12-42-13-11-39)19-24(40)16-21-18-36-26-5-2-1-4-25(21)26;;/h1-2,4-5,14-15,17-18,24,36-37H,3,6-13,16,19H2;2*1H/t24-;;/m1../s1. The largest absolute Gasteiger partial charge is 0.416 e. The predicted molar refractivity (Wildman–Crippen MR) is 166 cm³/mol. The van der Waals surface area contributed by atoms with Gasteiger partial charge in [0.25, 0.3) is 5.91 Å². The number of H-pyrrole nitrogens is 1. The molecule has 0 spiro atoms. The third-order valence-electron chi connectivity index (χ3n) is 7.79. The fourth-order valence-electron chi connectivity index (χ4n) is 5.62. The SMILES string of the molecule is Cl.Cl.O=C(c1cc(C(F)(F)F)cc(C(F)(F)F)c1)N1CCN(CCCNN2CCSCC2)C[C@H]1Cc1c[nH]c2ccccc12. The van der Waals surface area contributed by atoms with E-state index in [2.05, 4.69) is 20.3 Å². The first-order valence-corrected chi connectivity index (χ1v) is 15.1. The van der Waals surface area contributed by atoms with Crippen LogP contribution in [0.15, 0.2) is 48.7 Å². The second-order valence-corrected chi connectivity index (χ2v) is 11.9. The Morgan fingerprint density at radius 2 is 1.59 bits per heavy atom. The summed E-state index contributed by atoms with van der Waals surface area (Å²) in [7, 11) is 0. The molecule has 1 aromatic heterocycles. The summed E-state index contributed by atoms with van der Waals surface area (Å²) < 4.78 is 81.1. The minimum atomic E-state index is -5.03. The Morgan fingerprint density at radius 1 is 0.932 bits per heavy atom. The maximum Gasteiger partial charge on any atom is 0.416 e. The van der Waals surface area contributed by atoms with Gasteiger partial charge in [0.15, 0.2) is 0 Å². The number of carbonyl (C=O) groups excluding carboxylic acids is 1. The number of piperazine rings is 1. The van der Waals surface area contributed by atoms with Gasteiger partial charge in [-0.3, -0.25) is 15.1 Å². The number of benzene rings is 2. The fourth-order valence-corrected chi connectivity index (χ4v) is 6.53. The summed E-state index contributed by atoms with van der Waals surface area (Å²) >= 11 is 1.93. The van der Waals surface area contributed by atoms with E-state index in [-0.39, 0.29) is 37.4 Å². The Bertz CT molecular complexity index is 1350. The molecule has 0 bridgehead atoms. The van der Waals surface area contributed by atoms with Crippen molar-refractivity contribution in [1.82, 2.24) is 25.2 Å². The Labute approximate surface area is 268 Å². The highest BCUT2D eigenvalue weighted by Gasteiger charge is 2.39. The first-order valence-electron chi connectivity index (χ1n) is 13.9. The zero-order valence-electron chi connectivity index (χ0n) is 23.7. The Kier molecular flexibility index (Phi) is 12.7. The van der Waals surface area contributed by atoms with Crippen LogP contribution in [0.4, 0.5) is 26.3 Å². The first-order chi connectivity index (χ1) is 20.0. The van der Waals surface area contributed by atoms with E-state index in [9.17, 15) is 31.1 Å². The van der Waals surface area contributed by atoms with Crippen LogP contribution in [0, 0.1) is 0 Å². The molecule has 44 heavy (non-hydrogen) atoms. The molecule has 2 aromatic carbocycles. The number of hydrogen-bond donors (Lipinski definition) is 2. The van der Waals surface area contributed by atoms with Crippen LogP contribution in [0.2, 0.25) is 0 Å². The average molecular weight is 687 g/mol. The van der Waals surface area contributed by atoms with Gasteiger partial charge in [-0.2, -0.15) is 38.1 Å². The summed E-state index contributed by atoms with van der Waals surface area (Å²) in [4.78, 5) is 20.5. The highest BCUT2D eigenvalue weighted by Crippen LogP contribution is 2.37. The van der Waals surface area contributed by atoms with Gasteiger partial charge < -0.3 is 9.88 Å². The number of rotatable bonds is 8. The third-order valence-corrected chi connectivity index (χ3v) is 8.73. The fraction of sp³-hybridized carbons (Fsp3) is 0.483. The van der Waals surface area contributed by atoms with Crippen molar-refractivity contribution in [3.63, 3.8) is 0 Å². The minimum Gasteiger partial charge on any atom is -0.361 e. The van der Waals surface area contributed by atoms with Crippen molar-refractivity contribution >= 4 is 53.4 Å². The van der Waals surface area contributed by atoms with Gasteiger partial charge in [0.1, 0.15) is 0 Å². The van der Waals surface area contributed by atoms with Gasteiger partial charge in [0.2, 0.25) is 0 Å². The van der Waals surface area contributed by atoms with Crippen molar-refractivity contribution in [3.8, 4) is 0 Å². The molecule has 0 aliphatic carbocycles. The number of halogens is 8. The molecule has 0 saturated carbocycles. The number of para-hydroxylation sites is 1. The Hall–Kier alpha value is -2.16. The number of aromatic nitrogens is 1. The van der Waals surface area contributed by atoms with Gasteiger partial charge >= 0.3 is 12.4 Å². The molecule has 1 atom stereocenters. The molecule has 1 amide bonds. The molecular formula is C29H35Cl2F6N5OS. The lowest BCUT2D eigenvalue weighted by atomic mass is 9.98. The zero-order valence-corrected chi connectivity index (χ0v) is 26.2. The van der Waals surface area contributed by atoms with E-state index in [1.165, 1.54) is 4.90 Å². The maximum absolute atomic E-state index is 13.7. The Morgan fingerprint density at radius 3 is 2.25 bits per heavy atom. The van der Waals surface area contributed by atoms with Crippen molar-refractivity contribution in [3.05, 3.63) is 70.9 Å². The number of carbonyl (C=O) groups is 1. The number of hydrazine groups is 1. The Balaban J connectivity index is 0.00000264. The number of nitrogens with zero attached hydrogens (tertiary/aromatic N) is 3. The molecule has 3 aromatic rings. The van der Waals surface area contributed by atoms with E-state index >= 15 is 0 Å². The summed E-state index contributed by atoms with van der Waals surface area (Å²) in [6, 6.07) is 8.31. The van der Waals surface area contributed by atoms with Crippen LogP contribution in [0.5, 0.6) is 0 Å². The average Bonchev–Trinajstić information content (AvgIpc) is 3.37. The topological polar surface area (TPSA) is 54.6 Å². The van der Waals surface area contributed by atoms with Crippen LogP contribution in [-0.2, 0) is 18.8 Å². The van der Waals surface area contributed by atoms with Crippen molar-refractivity contribution in [1.29, 1.82) is 0 Å². The van der Waals surface area contributed by atoms with Crippen LogP contribution < -0.4 is 5.43 Å². The van der Waals surface area contributed by atoms with Crippen molar-refractivity contribution < 1.29 is 31.1 Å². The van der Waals surface area contributed by atoms with Gasteiger partial charge in [-0.05, 0) is 49.2 Å². The van der Waals surface area contributed by atoms with Crippen molar-refractivity contribution in [2.24, 2.45) is 0 Å². The molecule has 15 heteroatoms. The minimum absolute atomic E-state index is 0. The molecule has 5 rings (SSSR count). The second-order valence-electron chi connectivity index (χ2n) is 10.7. The van der Waals surface area contributed by atoms with Gasteiger partial charge in [0, 0.05) is 79.5 Å². The quantitative estimate of drug-likeness (QED) is 0.214. The van der Waals surface area contributed by atoms with E-state index in [0.29, 0.717) is 31.6 Å². The van der Waals surface area contributed by atoms with E-state index in [4.69, 9.17) is 0 Å². The summed E-state index contributed by atoms with van der Waals surface area (Å²) in [5.74, 6) is 1.35. The number of amides is 1. The molecule has 3 heterocycles. The monoisotopic (exact) mass is 685 g/mol. The van der Waals surface area contributed by atoms with Gasteiger partial charge in [-0.15, -0.1) is 24.8 Å². The zero-order chi connectivity index (χ0) is 29.9. The van der Waals surface area contributed by atoms with Gasteiger partial charge in [-0.25, -0.2) is 5.01 Å². The van der Waals surface area contributed by atoms with Crippen LogP contribution >= 0.6 is 36.6 Å². The van der Waals surface area contributed by atoms with Crippen LogP contribution in [0.1, 0.15) is 33.5 Å². The van der Waals surface area contributed by atoms with E-state index in [1.54, 1.807) is 0 Å². The lowest BCUT2D eigenvalue weighted by Crippen LogP contribution is -2.56. The van der Waals surface area contributed by atoms with E-state index in [1.807, 2.05) is 42.2 Å². The molecule has 2 aliphatic heterocycles. The van der Waals surface area contributed by atoms with Crippen molar-refractivity contribution in [2.75, 3.05) is 57.3 Å². The molecule has 2 saturated heterocycles. The van der Waals surface area contributed by atoms with Crippen LogP contribution in [0.3, 0.4) is 0 Å². The van der Waals surface area contributed by atoms with E-state index in [0.717, 1.165) is 60.6 Å². The molecule has 2 N–H and O–H groups in total. The third kappa shape index (κ3) is 8.97. The number of nitrogens with one attached hydrogen (secondary N) is 2. The molecular weight excluding hydrogens is 651 g/mol. The molecule has 6 nitrogen and oxygen atoms in total. The summed E-state index contributed by atoms with van der Waals surface area (Å²) in [6.07, 6.45) is -6.95. The van der Waals surface area contributed by atoms with Crippen molar-refractivity contribution in [2.45, 2.75) is 31.2 Å². The number of hydrogen-bond acceptors (Lipinski definition) is 5. The molecule has 244 valence electrons. The highest BCUT2D eigenvalue weighted by atomic mass is 35.5. The first kappa shape index (κ1) is 36.3. The molecule has 0 unspecified atom stereocenters. The highest BCUT2D eigenvalue weighted by molar-refractivity contribution is 7.99. The van der Waals surface area contributed by atoms with Crippen LogP contribution in [0.25, 0.3) is 10.9 Å². The normalized spacial score (nSPS) is 18.6. The second kappa shape index (κ2) is 15.4. The number of aromatic amines is 1. The number of fused-ring (bicyclic) bond motifs is 1. The molecule has 0 radical (unpaired) electrons. The van der Waals surface area contributed by atoms with Crippen LogP contribution in [-0.4, -0.2) is 89.1 Å². The predicted octanol–water partition coefficient (Wildman–Crippen LogP) is 6.36. The van der Waals surface area contributed by atoms with Gasteiger partial charge in [-0.1, -0.05) is 18.2 Å². The molecule has 2 fully saturated rings.